The fraction of sp³-hybridized carbons (Fsp3) is 0.700. The molecule has 13 heavy (non-hydrogen) atoms. The third kappa shape index (κ3) is 8.90. The van der Waals surface area contributed by atoms with Gasteiger partial charge < -0.3 is 10.4 Å². The van der Waals surface area contributed by atoms with Gasteiger partial charge in [-0.05, 0) is 26.3 Å². The smallest absolute Gasteiger partial charge is 0.303 e. The van der Waals surface area contributed by atoms with Gasteiger partial charge in [0.15, 0.2) is 0 Å². The lowest BCUT2D eigenvalue weighted by molar-refractivity contribution is -0.137. The summed E-state index contributed by atoms with van der Waals surface area (Å²) in [5.41, 5.74) is 0. The minimum absolute atomic E-state index is 0.111. The second-order valence-electron chi connectivity index (χ2n) is 3.05. The van der Waals surface area contributed by atoms with Crippen LogP contribution in [0.25, 0.3) is 0 Å². The van der Waals surface area contributed by atoms with E-state index in [9.17, 15) is 4.79 Å². The van der Waals surface area contributed by atoms with Crippen LogP contribution in [0.5, 0.6) is 0 Å². The summed E-state index contributed by atoms with van der Waals surface area (Å²) in [6.45, 7) is 2.79. The molecule has 0 saturated heterocycles. The summed E-state index contributed by atoms with van der Waals surface area (Å²) in [6, 6.07) is 0.111. The normalized spacial score (nSPS) is 12.0. The molecule has 2 N–H and O–H groups in total. The molecule has 74 valence electrons. The molecule has 0 aromatic rings. The van der Waals surface area contributed by atoms with Crippen molar-refractivity contribution in [3.05, 3.63) is 0 Å². The van der Waals surface area contributed by atoms with Gasteiger partial charge in [-0.2, -0.15) is 0 Å². The van der Waals surface area contributed by atoms with Crippen LogP contribution < -0.4 is 5.32 Å². The quantitative estimate of drug-likeness (QED) is 0.461. The van der Waals surface area contributed by atoms with Gasteiger partial charge in [-0.3, -0.25) is 4.79 Å². The van der Waals surface area contributed by atoms with Crippen molar-refractivity contribution in [1.82, 2.24) is 5.32 Å². The average molecular weight is 183 g/mol. The second kappa shape index (κ2) is 7.63. The Balaban J connectivity index is 3.09. The van der Waals surface area contributed by atoms with E-state index in [1.807, 2.05) is 6.92 Å². The zero-order valence-electron chi connectivity index (χ0n) is 8.05. The van der Waals surface area contributed by atoms with Crippen LogP contribution in [-0.4, -0.2) is 23.7 Å². The van der Waals surface area contributed by atoms with E-state index in [0.717, 1.165) is 25.8 Å². The molecule has 3 heteroatoms. The number of carboxylic acids is 1. The van der Waals surface area contributed by atoms with E-state index in [1.165, 1.54) is 0 Å². The van der Waals surface area contributed by atoms with E-state index in [-0.39, 0.29) is 12.5 Å². The van der Waals surface area contributed by atoms with Gasteiger partial charge in [-0.1, -0.05) is 12.3 Å². The Morgan fingerprint density at radius 3 is 2.77 bits per heavy atom. The molecule has 0 rings (SSSR count). The van der Waals surface area contributed by atoms with Gasteiger partial charge in [0.1, 0.15) is 0 Å². The molecule has 0 fully saturated rings. The van der Waals surface area contributed by atoms with E-state index in [2.05, 4.69) is 11.2 Å². The number of hydrogen-bond donors (Lipinski definition) is 2. The van der Waals surface area contributed by atoms with Crippen LogP contribution in [0.3, 0.4) is 0 Å². The lowest BCUT2D eigenvalue weighted by Gasteiger charge is -2.05. The fourth-order valence-electron chi connectivity index (χ4n) is 0.955. The molecular formula is C10H17NO2. The molecule has 0 radical (unpaired) electrons. The Morgan fingerprint density at radius 2 is 2.23 bits per heavy atom. The van der Waals surface area contributed by atoms with Gasteiger partial charge in [0.2, 0.25) is 0 Å². The summed E-state index contributed by atoms with van der Waals surface area (Å²) < 4.78 is 0. The number of carbonyl (C=O) groups is 1. The molecule has 1 atom stereocenters. The molecule has 0 aliphatic rings. The van der Waals surface area contributed by atoms with Gasteiger partial charge in [0, 0.05) is 6.42 Å². The van der Waals surface area contributed by atoms with Gasteiger partial charge in [0.25, 0.3) is 0 Å². The molecule has 0 aliphatic carbocycles. The van der Waals surface area contributed by atoms with Gasteiger partial charge >= 0.3 is 5.97 Å². The fourth-order valence-corrected chi connectivity index (χ4v) is 0.955. The maximum absolute atomic E-state index is 10.1. The van der Waals surface area contributed by atoms with Crippen LogP contribution in [0.2, 0.25) is 0 Å². The average Bonchev–Trinajstić information content (AvgIpc) is 2.10. The van der Waals surface area contributed by atoms with Crippen molar-refractivity contribution in [3.8, 4) is 12.3 Å². The Kier molecular flexibility index (Phi) is 7.04. The van der Waals surface area contributed by atoms with E-state index in [0.29, 0.717) is 0 Å². The van der Waals surface area contributed by atoms with E-state index < -0.39 is 5.97 Å². The Labute approximate surface area is 79.5 Å². The highest BCUT2D eigenvalue weighted by Crippen LogP contribution is 1.98. The maximum atomic E-state index is 10.1. The number of unbranched alkanes of at least 4 members (excludes halogenated alkanes) is 2. The minimum Gasteiger partial charge on any atom is -0.481 e. The van der Waals surface area contributed by atoms with Crippen molar-refractivity contribution in [1.29, 1.82) is 0 Å². The molecule has 0 bridgehead atoms. The molecule has 3 nitrogen and oxygen atoms in total. The Morgan fingerprint density at radius 1 is 1.54 bits per heavy atom. The van der Waals surface area contributed by atoms with Gasteiger partial charge in [0.05, 0.1) is 6.04 Å². The highest BCUT2D eigenvalue weighted by Gasteiger charge is 1.97. The van der Waals surface area contributed by atoms with Crippen molar-refractivity contribution >= 4 is 5.97 Å². The lowest BCUT2D eigenvalue weighted by Crippen LogP contribution is -2.25. The second-order valence-corrected chi connectivity index (χ2v) is 3.05. The van der Waals surface area contributed by atoms with Gasteiger partial charge in [-0.25, -0.2) is 0 Å². The highest BCUT2D eigenvalue weighted by molar-refractivity contribution is 5.66. The predicted octanol–water partition coefficient (Wildman–Crippen LogP) is 1.24. The number of nitrogens with one attached hydrogen (secondary N) is 1. The lowest BCUT2D eigenvalue weighted by atomic mass is 10.2. The molecule has 0 aliphatic heterocycles. The number of rotatable bonds is 7. The summed E-state index contributed by atoms with van der Waals surface area (Å²) in [6.07, 6.45) is 8.11. The summed E-state index contributed by atoms with van der Waals surface area (Å²) >= 11 is 0. The largest absolute Gasteiger partial charge is 0.481 e. The first kappa shape index (κ1) is 12.0. The molecule has 0 amide bonds. The van der Waals surface area contributed by atoms with E-state index in [4.69, 9.17) is 11.5 Å². The first-order valence-electron chi connectivity index (χ1n) is 4.58. The predicted molar refractivity (Wildman–Crippen MR) is 52.4 cm³/mol. The molecular weight excluding hydrogens is 166 g/mol. The molecule has 0 aromatic carbocycles. The maximum Gasteiger partial charge on any atom is 0.303 e. The number of carboxylic acid groups (broad SMARTS) is 1. The Hall–Kier alpha value is -1.01. The van der Waals surface area contributed by atoms with Crippen molar-refractivity contribution in [2.45, 2.75) is 38.6 Å². The first-order valence-corrected chi connectivity index (χ1v) is 4.58. The van der Waals surface area contributed by atoms with Crippen molar-refractivity contribution in [2.75, 3.05) is 6.54 Å². The molecule has 1 unspecified atom stereocenters. The van der Waals surface area contributed by atoms with Crippen LogP contribution in [0.4, 0.5) is 0 Å². The summed E-state index contributed by atoms with van der Waals surface area (Å²) in [5.74, 6) is 1.85. The molecule has 0 heterocycles. The Bertz CT molecular complexity index is 184. The number of aliphatic carboxylic acids is 1. The SMILES string of the molecule is C#CC(C)NCCCCCC(=O)O. The summed E-state index contributed by atoms with van der Waals surface area (Å²) in [5, 5.41) is 11.5. The first-order chi connectivity index (χ1) is 6.16. The number of terminal acetylenes is 1. The van der Waals surface area contributed by atoms with E-state index in [1.54, 1.807) is 0 Å². The topological polar surface area (TPSA) is 49.3 Å². The van der Waals surface area contributed by atoms with Crippen molar-refractivity contribution in [3.63, 3.8) is 0 Å². The van der Waals surface area contributed by atoms with Crippen LogP contribution in [0, 0.1) is 12.3 Å². The van der Waals surface area contributed by atoms with Crippen LogP contribution in [0.15, 0.2) is 0 Å². The monoisotopic (exact) mass is 183 g/mol. The van der Waals surface area contributed by atoms with Crippen LogP contribution in [-0.2, 0) is 4.79 Å². The summed E-state index contributed by atoms with van der Waals surface area (Å²) in [4.78, 5) is 10.1. The van der Waals surface area contributed by atoms with Gasteiger partial charge in [-0.15, -0.1) is 6.42 Å². The standard InChI is InChI=1S/C10H17NO2/c1-3-9(2)11-8-6-4-5-7-10(12)13/h1,9,11H,4-8H2,2H3,(H,12,13). The van der Waals surface area contributed by atoms with Crippen LogP contribution >= 0.6 is 0 Å². The number of hydrogen-bond acceptors (Lipinski definition) is 2. The molecule has 0 saturated carbocycles. The third-order valence-electron chi connectivity index (χ3n) is 1.77. The van der Waals surface area contributed by atoms with Crippen molar-refractivity contribution < 1.29 is 9.90 Å². The minimum atomic E-state index is -0.718. The molecule has 0 aromatic heterocycles. The zero-order valence-corrected chi connectivity index (χ0v) is 8.05. The van der Waals surface area contributed by atoms with E-state index >= 15 is 0 Å². The third-order valence-corrected chi connectivity index (χ3v) is 1.77. The zero-order chi connectivity index (χ0) is 10.1. The van der Waals surface area contributed by atoms with Crippen LogP contribution in [0.1, 0.15) is 32.6 Å². The summed E-state index contributed by atoms with van der Waals surface area (Å²) in [7, 11) is 0. The highest BCUT2D eigenvalue weighted by atomic mass is 16.4. The molecule has 0 spiro atoms. The van der Waals surface area contributed by atoms with Crippen molar-refractivity contribution in [2.24, 2.45) is 0 Å².